The number of fused-ring (bicyclic) bond motifs is 3. The van der Waals surface area contributed by atoms with Crippen molar-refractivity contribution in [3.05, 3.63) is 34.9 Å². The third-order valence-corrected chi connectivity index (χ3v) is 4.74. The first kappa shape index (κ1) is 15.6. The molecule has 1 aromatic heterocycles. The molecule has 1 atom stereocenters. The van der Waals surface area contributed by atoms with Gasteiger partial charge in [0.05, 0.1) is 0 Å². The standard InChI is InChI=1S/C17H21N7O/c1-5-7-23-16-13(15-18-11(6-2)9-24(15)17(23)25)19-14(20-16)12-8-10(3)22(4)21-12/h5,8,11,18H,1,6-7,9H2,2-4H3/t11-/m0/s1. The van der Waals surface area contributed by atoms with Gasteiger partial charge in [0.25, 0.3) is 0 Å². The summed E-state index contributed by atoms with van der Waals surface area (Å²) in [5.41, 5.74) is 2.35. The summed E-state index contributed by atoms with van der Waals surface area (Å²) >= 11 is 0. The topological polar surface area (TPSA) is 82.6 Å². The lowest BCUT2D eigenvalue weighted by atomic mass is 10.2. The van der Waals surface area contributed by atoms with E-state index in [1.54, 1.807) is 19.9 Å². The molecule has 4 rings (SSSR count). The highest BCUT2D eigenvalue weighted by Crippen LogP contribution is 2.33. The Labute approximate surface area is 145 Å². The van der Waals surface area contributed by atoms with Gasteiger partial charge in [0.2, 0.25) is 0 Å². The van der Waals surface area contributed by atoms with E-state index in [1.807, 2.05) is 20.0 Å². The normalized spacial score (nSPS) is 16.2. The summed E-state index contributed by atoms with van der Waals surface area (Å²) in [6.07, 6.45) is 2.64. The van der Waals surface area contributed by atoms with Crippen LogP contribution in [-0.2, 0) is 20.1 Å². The van der Waals surface area contributed by atoms with E-state index in [9.17, 15) is 4.79 Å². The number of nitrogens with zero attached hydrogens (tertiary/aromatic N) is 6. The number of hydrogen-bond acceptors (Lipinski definition) is 5. The van der Waals surface area contributed by atoms with E-state index in [4.69, 9.17) is 4.98 Å². The third-order valence-electron chi connectivity index (χ3n) is 4.74. The Morgan fingerprint density at radius 1 is 1.44 bits per heavy atom. The van der Waals surface area contributed by atoms with Crippen molar-refractivity contribution in [1.82, 2.24) is 28.9 Å². The number of allylic oxidation sites excluding steroid dienone is 1. The fourth-order valence-corrected chi connectivity index (χ4v) is 3.23. The quantitative estimate of drug-likeness (QED) is 0.731. The van der Waals surface area contributed by atoms with Gasteiger partial charge in [0, 0.05) is 31.9 Å². The van der Waals surface area contributed by atoms with Gasteiger partial charge in [0.1, 0.15) is 17.2 Å². The molecular weight excluding hydrogens is 318 g/mol. The van der Waals surface area contributed by atoms with E-state index >= 15 is 0 Å². The molecule has 0 spiro atoms. The van der Waals surface area contributed by atoms with Gasteiger partial charge in [-0.1, -0.05) is 13.0 Å². The van der Waals surface area contributed by atoms with Crippen LogP contribution in [0.2, 0.25) is 0 Å². The van der Waals surface area contributed by atoms with Crippen molar-refractivity contribution < 1.29 is 0 Å². The van der Waals surface area contributed by atoms with Crippen LogP contribution in [0.1, 0.15) is 19.0 Å². The largest absolute Gasteiger partial charge is 0.365 e. The highest BCUT2D eigenvalue weighted by Gasteiger charge is 2.31. The molecule has 1 aromatic rings. The predicted molar refractivity (Wildman–Crippen MR) is 95.7 cm³/mol. The zero-order valence-corrected chi connectivity index (χ0v) is 14.7. The minimum atomic E-state index is -0.0884. The summed E-state index contributed by atoms with van der Waals surface area (Å²) in [5.74, 6) is 1.85. The Hall–Kier alpha value is -2.90. The molecule has 3 aliphatic heterocycles. The molecule has 8 heteroatoms. The van der Waals surface area contributed by atoms with Crippen LogP contribution in [0.25, 0.3) is 23.0 Å². The van der Waals surface area contributed by atoms with Crippen LogP contribution in [0.3, 0.4) is 0 Å². The second-order valence-electron chi connectivity index (χ2n) is 6.40. The average Bonchev–Trinajstić information content (AvgIpc) is 3.28. The van der Waals surface area contributed by atoms with E-state index in [0.717, 1.165) is 17.9 Å². The van der Waals surface area contributed by atoms with Gasteiger partial charge in [-0.3, -0.25) is 13.8 Å². The molecule has 0 bridgehead atoms. The summed E-state index contributed by atoms with van der Waals surface area (Å²) in [4.78, 5) is 22.2. The predicted octanol–water partition coefficient (Wildman–Crippen LogP) is 1.64. The van der Waals surface area contributed by atoms with E-state index in [0.29, 0.717) is 36.1 Å². The van der Waals surface area contributed by atoms with Gasteiger partial charge in [-0.05, 0) is 19.4 Å². The molecule has 0 aromatic carbocycles. The minimum absolute atomic E-state index is 0.0884. The first-order chi connectivity index (χ1) is 12.0. The molecule has 4 heterocycles. The molecular formula is C17H21N7O. The molecule has 0 aliphatic carbocycles. The van der Waals surface area contributed by atoms with E-state index < -0.39 is 0 Å². The summed E-state index contributed by atoms with van der Waals surface area (Å²) in [6, 6.07) is 2.17. The van der Waals surface area contributed by atoms with E-state index in [2.05, 4.69) is 28.9 Å². The number of aromatic nitrogens is 6. The van der Waals surface area contributed by atoms with Gasteiger partial charge in [0.15, 0.2) is 11.6 Å². The Morgan fingerprint density at radius 2 is 2.24 bits per heavy atom. The fraction of sp³-hybridized carbons (Fsp3) is 0.412. The van der Waals surface area contributed by atoms with Crippen molar-refractivity contribution in [3.8, 4) is 23.0 Å². The van der Waals surface area contributed by atoms with E-state index in [1.165, 1.54) is 0 Å². The Kier molecular flexibility index (Phi) is 3.48. The van der Waals surface area contributed by atoms with Crippen LogP contribution in [-0.4, -0.2) is 34.9 Å². The molecule has 0 unspecified atom stereocenters. The molecule has 0 amide bonds. The fourth-order valence-electron chi connectivity index (χ4n) is 3.23. The number of rotatable bonds is 4. The number of aryl methyl sites for hydroxylation is 2. The number of nitrogens with one attached hydrogen (secondary N) is 1. The number of hydrogen-bond donors (Lipinski definition) is 1. The van der Waals surface area contributed by atoms with Gasteiger partial charge in [-0.15, -0.1) is 6.58 Å². The summed E-state index contributed by atoms with van der Waals surface area (Å²) < 4.78 is 5.16. The van der Waals surface area contributed by atoms with Crippen molar-refractivity contribution in [3.63, 3.8) is 0 Å². The Balaban J connectivity index is 1.96. The monoisotopic (exact) mass is 339 g/mol. The molecule has 0 saturated carbocycles. The van der Waals surface area contributed by atoms with Crippen LogP contribution >= 0.6 is 0 Å². The number of imidazole rings is 1. The van der Waals surface area contributed by atoms with Crippen LogP contribution in [0.4, 0.5) is 5.82 Å². The summed E-state index contributed by atoms with van der Waals surface area (Å²) in [5, 5.41) is 7.87. The second-order valence-corrected chi connectivity index (χ2v) is 6.40. The minimum Gasteiger partial charge on any atom is -0.365 e. The molecule has 8 nitrogen and oxygen atoms in total. The highest BCUT2D eigenvalue weighted by atomic mass is 16.1. The average molecular weight is 339 g/mol. The lowest BCUT2D eigenvalue weighted by molar-refractivity contribution is 0.582. The maximum atomic E-state index is 12.9. The zero-order chi connectivity index (χ0) is 17.7. The Morgan fingerprint density at radius 3 is 2.88 bits per heavy atom. The number of anilines is 1. The van der Waals surface area contributed by atoms with Crippen molar-refractivity contribution >= 4 is 5.82 Å². The molecule has 0 radical (unpaired) electrons. The molecule has 0 fully saturated rings. The van der Waals surface area contributed by atoms with Crippen molar-refractivity contribution in [2.45, 2.75) is 39.4 Å². The third kappa shape index (κ3) is 2.28. The van der Waals surface area contributed by atoms with Crippen LogP contribution in [0, 0.1) is 6.92 Å². The molecule has 130 valence electrons. The molecule has 3 aliphatic rings. The van der Waals surface area contributed by atoms with Crippen LogP contribution in [0.15, 0.2) is 23.5 Å². The zero-order valence-electron chi connectivity index (χ0n) is 14.7. The Bertz CT molecular complexity index is 974. The summed E-state index contributed by atoms with van der Waals surface area (Å²) in [7, 11) is 1.89. The highest BCUT2D eigenvalue weighted by molar-refractivity contribution is 5.73. The summed E-state index contributed by atoms with van der Waals surface area (Å²) in [6.45, 7) is 8.88. The van der Waals surface area contributed by atoms with Gasteiger partial charge in [-0.2, -0.15) is 5.10 Å². The lowest BCUT2D eigenvalue weighted by Crippen LogP contribution is -2.31. The van der Waals surface area contributed by atoms with E-state index in [-0.39, 0.29) is 11.7 Å². The first-order valence-corrected chi connectivity index (χ1v) is 8.43. The maximum absolute atomic E-state index is 12.9. The van der Waals surface area contributed by atoms with Gasteiger partial charge < -0.3 is 5.32 Å². The second kappa shape index (κ2) is 5.58. The van der Waals surface area contributed by atoms with Gasteiger partial charge >= 0.3 is 5.69 Å². The smallest absolute Gasteiger partial charge is 0.331 e. The first-order valence-electron chi connectivity index (χ1n) is 8.43. The maximum Gasteiger partial charge on any atom is 0.331 e. The SMILES string of the molecule is C=CCn1c2nc(-c3cc(C)n(C)n3)nc-2c2n(c1=O)C[C@H](CC)N2. The van der Waals surface area contributed by atoms with Crippen LogP contribution < -0.4 is 11.0 Å². The van der Waals surface area contributed by atoms with Crippen LogP contribution in [0.5, 0.6) is 0 Å². The van der Waals surface area contributed by atoms with Crippen molar-refractivity contribution in [1.29, 1.82) is 0 Å². The van der Waals surface area contributed by atoms with Crippen molar-refractivity contribution in [2.24, 2.45) is 7.05 Å². The van der Waals surface area contributed by atoms with Crippen molar-refractivity contribution in [2.75, 3.05) is 5.32 Å². The molecule has 25 heavy (non-hydrogen) atoms. The lowest BCUT2D eigenvalue weighted by Gasteiger charge is -2.12. The molecule has 0 saturated heterocycles. The molecule has 1 N–H and O–H groups in total. The van der Waals surface area contributed by atoms with Gasteiger partial charge in [-0.25, -0.2) is 14.8 Å².